The van der Waals surface area contributed by atoms with E-state index in [1.165, 1.54) is 6.20 Å². The molecule has 0 spiro atoms. The van der Waals surface area contributed by atoms with Gasteiger partial charge in [-0.2, -0.15) is 5.26 Å². The van der Waals surface area contributed by atoms with Crippen LogP contribution in [-0.2, 0) is 0 Å². The average Bonchev–Trinajstić information content (AvgIpc) is 2.84. The van der Waals surface area contributed by atoms with Crippen molar-refractivity contribution in [3.63, 3.8) is 0 Å². The lowest BCUT2D eigenvalue weighted by Crippen LogP contribution is -2.46. The van der Waals surface area contributed by atoms with Crippen molar-refractivity contribution in [1.82, 2.24) is 4.98 Å². The van der Waals surface area contributed by atoms with Crippen molar-refractivity contribution in [3.8, 4) is 11.8 Å². The molecule has 2 heterocycles. The van der Waals surface area contributed by atoms with E-state index < -0.39 is 0 Å². The minimum absolute atomic E-state index is 0.164. The fourth-order valence-corrected chi connectivity index (χ4v) is 3.76. The second kappa shape index (κ2) is 9.58. The molecule has 0 aliphatic carbocycles. The van der Waals surface area contributed by atoms with E-state index in [-0.39, 0.29) is 5.91 Å². The number of pyridine rings is 1. The van der Waals surface area contributed by atoms with Crippen molar-refractivity contribution in [2.24, 2.45) is 0 Å². The monoisotopic (exact) mass is 447 g/mol. The first kappa shape index (κ1) is 21.5. The number of carbonyl (C=O) groups excluding carboxylic acids is 1. The predicted molar refractivity (Wildman–Crippen MR) is 126 cm³/mol. The number of methoxy groups -OCH3 is 1. The van der Waals surface area contributed by atoms with E-state index in [4.69, 9.17) is 21.6 Å². The molecule has 0 bridgehead atoms. The number of halogens is 1. The number of rotatable bonds is 5. The number of carbonyl (C=O) groups is 1. The summed E-state index contributed by atoms with van der Waals surface area (Å²) in [5.74, 6) is 1.33. The number of benzene rings is 2. The molecule has 1 aliphatic heterocycles. The average molecular weight is 448 g/mol. The molecule has 2 aromatic carbocycles. The standard InChI is InChI=1S/C24H22ClN5O2/c1-32-21-8-2-17(3-9-21)24(31)28-19-4-6-20(7-5-19)29-10-12-30(13-11-29)23-14-22(25)18(15-26)16-27-23/h2-9,14,16H,10-13H2,1H3,(H,28,31). The van der Waals surface area contributed by atoms with Gasteiger partial charge in [0, 0.05) is 55.4 Å². The van der Waals surface area contributed by atoms with Gasteiger partial charge in [-0.15, -0.1) is 0 Å². The summed E-state index contributed by atoms with van der Waals surface area (Å²) in [5.41, 5.74) is 2.79. The molecule has 0 atom stereocenters. The second-order valence-electron chi connectivity index (χ2n) is 7.34. The van der Waals surface area contributed by atoms with Crippen LogP contribution in [0.4, 0.5) is 17.2 Å². The van der Waals surface area contributed by atoms with Crippen LogP contribution in [0.3, 0.4) is 0 Å². The molecule has 1 saturated heterocycles. The number of ether oxygens (including phenoxy) is 1. The van der Waals surface area contributed by atoms with E-state index >= 15 is 0 Å². The molecule has 1 aromatic heterocycles. The number of nitrogens with one attached hydrogen (secondary N) is 1. The second-order valence-corrected chi connectivity index (χ2v) is 7.74. The molecule has 0 unspecified atom stereocenters. The van der Waals surface area contributed by atoms with E-state index in [0.717, 1.165) is 43.4 Å². The number of hydrogen-bond acceptors (Lipinski definition) is 6. The molecule has 1 amide bonds. The number of nitrogens with zero attached hydrogens (tertiary/aromatic N) is 4. The summed E-state index contributed by atoms with van der Waals surface area (Å²) in [4.78, 5) is 21.2. The van der Waals surface area contributed by atoms with Gasteiger partial charge in [0.05, 0.1) is 17.7 Å². The topological polar surface area (TPSA) is 81.5 Å². The van der Waals surface area contributed by atoms with Crippen LogP contribution in [0.2, 0.25) is 5.02 Å². The maximum absolute atomic E-state index is 12.4. The summed E-state index contributed by atoms with van der Waals surface area (Å²) >= 11 is 6.14. The Balaban J connectivity index is 1.34. The van der Waals surface area contributed by atoms with Crippen molar-refractivity contribution < 1.29 is 9.53 Å². The van der Waals surface area contributed by atoms with Crippen LogP contribution in [-0.4, -0.2) is 44.2 Å². The van der Waals surface area contributed by atoms with E-state index in [9.17, 15) is 4.79 Å². The van der Waals surface area contributed by atoms with Gasteiger partial charge in [0.25, 0.3) is 5.91 Å². The van der Waals surface area contributed by atoms with Gasteiger partial charge in [0.1, 0.15) is 17.6 Å². The zero-order valence-corrected chi connectivity index (χ0v) is 18.3. The minimum Gasteiger partial charge on any atom is -0.497 e. The summed E-state index contributed by atoms with van der Waals surface area (Å²) in [6, 6.07) is 18.6. The van der Waals surface area contributed by atoms with Crippen molar-refractivity contribution in [1.29, 1.82) is 5.26 Å². The van der Waals surface area contributed by atoms with Gasteiger partial charge < -0.3 is 19.9 Å². The van der Waals surface area contributed by atoms with E-state index in [1.807, 2.05) is 30.3 Å². The van der Waals surface area contributed by atoms with Crippen molar-refractivity contribution in [2.75, 3.05) is 48.4 Å². The smallest absolute Gasteiger partial charge is 0.255 e. The summed E-state index contributed by atoms with van der Waals surface area (Å²) < 4.78 is 5.12. The Morgan fingerprint density at radius 1 is 1.06 bits per heavy atom. The number of aromatic nitrogens is 1. The highest BCUT2D eigenvalue weighted by atomic mass is 35.5. The third-order valence-corrected chi connectivity index (χ3v) is 5.72. The third kappa shape index (κ3) is 4.76. The van der Waals surface area contributed by atoms with Gasteiger partial charge in [0.2, 0.25) is 0 Å². The number of anilines is 3. The molecule has 32 heavy (non-hydrogen) atoms. The maximum Gasteiger partial charge on any atom is 0.255 e. The number of piperazine rings is 1. The molecule has 1 fully saturated rings. The Morgan fingerprint density at radius 3 is 2.31 bits per heavy atom. The van der Waals surface area contributed by atoms with Crippen LogP contribution in [0.25, 0.3) is 0 Å². The Bertz CT molecular complexity index is 1130. The van der Waals surface area contributed by atoms with Crippen molar-refractivity contribution in [2.45, 2.75) is 0 Å². The zero-order valence-electron chi connectivity index (χ0n) is 17.6. The molecule has 1 N–H and O–H groups in total. The maximum atomic E-state index is 12.4. The molecule has 3 aromatic rings. The Kier molecular flexibility index (Phi) is 6.43. The highest BCUT2D eigenvalue weighted by Crippen LogP contribution is 2.24. The summed E-state index contributed by atoms with van der Waals surface area (Å²) in [6.45, 7) is 3.25. The SMILES string of the molecule is COc1ccc(C(=O)Nc2ccc(N3CCN(c4cc(Cl)c(C#N)cn4)CC3)cc2)cc1. The lowest BCUT2D eigenvalue weighted by atomic mass is 10.2. The third-order valence-electron chi connectivity index (χ3n) is 5.41. The predicted octanol–water partition coefficient (Wildman–Crippen LogP) is 4.19. The summed E-state index contributed by atoms with van der Waals surface area (Å²) in [6.07, 6.45) is 1.52. The van der Waals surface area contributed by atoms with Gasteiger partial charge >= 0.3 is 0 Å². The summed E-state index contributed by atoms with van der Waals surface area (Å²) in [5, 5.41) is 12.3. The fourth-order valence-electron chi connectivity index (χ4n) is 3.57. The number of hydrogen-bond donors (Lipinski definition) is 1. The fraction of sp³-hybridized carbons (Fsp3) is 0.208. The molecule has 8 heteroatoms. The first-order chi connectivity index (χ1) is 15.6. The van der Waals surface area contributed by atoms with Crippen LogP contribution in [0, 0.1) is 11.3 Å². The van der Waals surface area contributed by atoms with Gasteiger partial charge in [-0.3, -0.25) is 4.79 Å². The molecule has 162 valence electrons. The minimum atomic E-state index is -0.164. The van der Waals surface area contributed by atoms with Crippen molar-refractivity contribution >= 4 is 34.7 Å². The normalized spacial score (nSPS) is 13.4. The highest BCUT2D eigenvalue weighted by Gasteiger charge is 2.19. The lowest BCUT2D eigenvalue weighted by molar-refractivity contribution is 0.102. The van der Waals surface area contributed by atoms with Crippen LogP contribution >= 0.6 is 11.6 Å². The van der Waals surface area contributed by atoms with E-state index in [2.05, 4.69) is 20.1 Å². The van der Waals surface area contributed by atoms with Gasteiger partial charge in [-0.25, -0.2) is 4.98 Å². The van der Waals surface area contributed by atoms with Crippen molar-refractivity contribution in [3.05, 3.63) is 76.9 Å². The molecule has 0 saturated carbocycles. The van der Waals surface area contributed by atoms with Gasteiger partial charge in [-0.05, 0) is 48.5 Å². The van der Waals surface area contributed by atoms with E-state index in [0.29, 0.717) is 21.9 Å². The molecule has 4 rings (SSSR count). The van der Waals surface area contributed by atoms with Crippen LogP contribution in [0.1, 0.15) is 15.9 Å². The molecular formula is C24H22ClN5O2. The van der Waals surface area contributed by atoms with E-state index in [1.54, 1.807) is 37.4 Å². The van der Waals surface area contributed by atoms with Crippen LogP contribution in [0.15, 0.2) is 60.8 Å². The first-order valence-corrected chi connectivity index (χ1v) is 10.6. The van der Waals surface area contributed by atoms with Crippen LogP contribution < -0.4 is 19.9 Å². The largest absolute Gasteiger partial charge is 0.497 e. The molecule has 0 radical (unpaired) electrons. The van der Waals surface area contributed by atoms with Crippen LogP contribution in [0.5, 0.6) is 5.75 Å². The lowest BCUT2D eigenvalue weighted by Gasteiger charge is -2.36. The number of amides is 1. The molecular weight excluding hydrogens is 426 g/mol. The Hall–Kier alpha value is -3.76. The van der Waals surface area contributed by atoms with Gasteiger partial charge in [0.15, 0.2) is 0 Å². The summed E-state index contributed by atoms with van der Waals surface area (Å²) in [7, 11) is 1.59. The zero-order chi connectivity index (χ0) is 22.5. The Morgan fingerprint density at radius 2 is 1.72 bits per heavy atom. The quantitative estimate of drug-likeness (QED) is 0.631. The molecule has 7 nitrogen and oxygen atoms in total. The molecule has 1 aliphatic rings. The Labute approximate surface area is 191 Å². The highest BCUT2D eigenvalue weighted by molar-refractivity contribution is 6.31. The van der Waals surface area contributed by atoms with Gasteiger partial charge in [-0.1, -0.05) is 11.6 Å². The first-order valence-electron chi connectivity index (χ1n) is 10.2. The number of nitriles is 1.